The second-order valence-electron chi connectivity index (χ2n) is 9.13. The van der Waals surface area contributed by atoms with E-state index in [9.17, 15) is 13.2 Å². The Labute approximate surface area is 195 Å². The van der Waals surface area contributed by atoms with E-state index in [0.717, 1.165) is 12.1 Å². The Bertz CT molecular complexity index is 906. The average Bonchev–Trinajstić information content (AvgIpc) is 2.76. The monoisotopic (exact) mass is 480 g/mol. The van der Waals surface area contributed by atoms with Gasteiger partial charge in [0.15, 0.2) is 0 Å². The van der Waals surface area contributed by atoms with Crippen molar-refractivity contribution in [3.05, 3.63) is 35.4 Å². The van der Waals surface area contributed by atoms with E-state index in [-0.39, 0.29) is 30.7 Å². The molecule has 2 fully saturated rings. The summed E-state index contributed by atoms with van der Waals surface area (Å²) in [5.74, 6) is 1.15. The van der Waals surface area contributed by atoms with Crippen LogP contribution in [-0.2, 0) is 12.7 Å². The molecule has 4 rings (SSSR count). The van der Waals surface area contributed by atoms with Gasteiger partial charge in [-0.15, -0.1) is 0 Å². The number of anilines is 3. The van der Waals surface area contributed by atoms with Gasteiger partial charge in [-0.05, 0) is 30.5 Å². The molecule has 0 spiro atoms. The molecule has 2 aliphatic rings. The molecule has 10 nitrogen and oxygen atoms in total. The Hall–Kier alpha value is -2.74. The Balaban J connectivity index is 1.57. The van der Waals surface area contributed by atoms with Crippen molar-refractivity contribution in [1.82, 2.24) is 15.0 Å². The van der Waals surface area contributed by atoms with Gasteiger partial charge in [0.1, 0.15) is 0 Å². The number of rotatable bonds is 5. The molecule has 0 amide bonds. The van der Waals surface area contributed by atoms with Gasteiger partial charge in [-0.1, -0.05) is 12.1 Å². The largest absolute Gasteiger partial charge is 0.416 e. The van der Waals surface area contributed by atoms with Crippen molar-refractivity contribution in [2.45, 2.75) is 49.7 Å². The number of nitrogens with two attached hydrogens (primary N) is 4. The van der Waals surface area contributed by atoms with E-state index in [0.29, 0.717) is 62.4 Å². The van der Waals surface area contributed by atoms with Crippen molar-refractivity contribution < 1.29 is 13.2 Å². The van der Waals surface area contributed by atoms with Crippen LogP contribution in [0.1, 0.15) is 24.0 Å². The van der Waals surface area contributed by atoms with Crippen LogP contribution in [0.4, 0.5) is 31.0 Å². The number of alkyl halides is 3. The zero-order valence-electron chi connectivity index (χ0n) is 18.7. The van der Waals surface area contributed by atoms with Crippen LogP contribution in [0.25, 0.3) is 0 Å². The predicted molar refractivity (Wildman–Crippen MR) is 124 cm³/mol. The topological polar surface area (TPSA) is 161 Å². The summed E-state index contributed by atoms with van der Waals surface area (Å²) in [6.45, 7) is 2.44. The average molecular weight is 481 g/mol. The second kappa shape index (κ2) is 9.86. The highest BCUT2D eigenvalue weighted by Gasteiger charge is 2.30. The first-order valence-corrected chi connectivity index (χ1v) is 11.2. The van der Waals surface area contributed by atoms with Gasteiger partial charge in [-0.25, -0.2) is 0 Å². The lowest BCUT2D eigenvalue weighted by atomic mass is 10.0. The molecule has 3 heterocycles. The van der Waals surface area contributed by atoms with E-state index < -0.39 is 11.7 Å². The number of nitrogens with zero attached hydrogens (tertiary/aromatic N) is 5. The van der Waals surface area contributed by atoms with E-state index >= 15 is 0 Å². The summed E-state index contributed by atoms with van der Waals surface area (Å²) in [5.41, 5.74) is 24.6. The van der Waals surface area contributed by atoms with Gasteiger partial charge in [0.25, 0.3) is 0 Å². The predicted octanol–water partition coefficient (Wildman–Crippen LogP) is 0.232. The van der Waals surface area contributed by atoms with E-state index in [1.807, 2.05) is 9.80 Å². The fourth-order valence-corrected chi connectivity index (χ4v) is 4.39. The molecule has 34 heavy (non-hydrogen) atoms. The van der Waals surface area contributed by atoms with Crippen molar-refractivity contribution in [1.29, 1.82) is 0 Å². The fourth-order valence-electron chi connectivity index (χ4n) is 4.39. The molecule has 9 N–H and O–H groups in total. The number of piperidine rings is 2. The normalized spacial score (nSPS) is 26.0. The van der Waals surface area contributed by atoms with Gasteiger partial charge >= 0.3 is 6.18 Å². The smallest absolute Gasteiger partial charge is 0.350 e. The quantitative estimate of drug-likeness (QED) is 0.401. The van der Waals surface area contributed by atoms with Crippen LogP contribution in [0.5, 0.6) is 0 Å². The Morgan fingerprint density at radius 1 is 0.765 bits per heavy atom. The molecule has 0 radical (unpaired) electrons. The van der Waals surface area contributed by atoms with Gasteiger partial charge in [0, 0.05) is 56.9 Å². The first-order valence-electron chi connectivity index (χ1n) is 11.2. The number of benzene rings is 1. The summed E-state index contributed by atoms with van der Waals surface area (Å²) in [4.78, 5) is 17.6. The van der Waals surface area contributed by atoms with Crippen LogP contribution < -0.4 is 38.1 Å². The third-order valence-electron chi connectivity index (χ3n) is 5.94. The molecule has 2 aliphatic heterocycles. The maximum Gasteiger partial charge on any atom is 0.416 e. The minimum atomic E-state index is -4.38. The fraction of sp³-hybridized carbons (Fsp3) is 0.571. The third kappa shape index (κ3) is 6.03. The number of hydrogen-bond acceptors (Lipinski definition) is 10. The molecule has 4 atom stereocenters. The first-order chi connectivity index (χ1) is 16.1. The number of nitrogens with one attached hydrogen (secondary N) is 1. The Morgan fingerprint density at radius 2 is 1.21 bits per heavy atom. The van der Waals surface area contributed by atoms with Gasteiger partial charge in [-0.2, -0.15) is 28.1 Å². The highest BCUT2D eigenvalue weighted by atomic mass is 19.4. The SMILES string of the molecule is N[C@@H]1C[C@H](N)CN(c2nc(NCc3ccc(C(F)(F)F)cc3)nc(N3C[C@H](N)C[C@H](N)C3)n2)C1. The number of halogens is 3. The summed E-state index contributed by atoms with van der Waals surface area (Å²) in [6.07, 6.45) is -2.96. The summed E-state index contributed by atoms with van der Waals surface area (Å²) in [6, 6.07) is 4.51. The van der Waals surface area contributed by atoms with Crippen LogP contribution in [0.15, 0.2) is 24.3 Å². The molecule has 2 saturated heterocycles. The van der Waals surface area contributed by atoms with Crippen molar-refractivity contribution >= 4 is 17.8 Å². The minimum Gasteiger partial charge on any atom is -0.350 e. The third-order valence-corrected chi connectivity index (χ3v) is 5.94. The Morgan fingerprint density at radius 3 is 1.62 bits per heavy atom. The van der Waals surface area contributed by atoms with E-state index in [4.69, 9.17) is 22.9 Å². The molecule has 0 aliphatic carbocycles. The van der Waals surface area contributed by atoms with Crippen molar-refractivity contribution in [3.63, 3.8) is 0 Å². The van der Waals surface area contributed by atoms with Gasteiger partial charge in [-0.3, -0.25) is 0 Å². The van der Waals surface area contributed by atoms with Gasteiger partial charge < -0.3 is 38.1 Å². The van der Waals surface area contributed by atoms with Crippen LogP contribution in [0.3, 0.4) is 0 Å². The first kappa shape index (κ1) is 24.4. The summed E-state index contributed by atoms with van der Waals surface area (Å²) < 4.78 is 38.5. The van der Waals surface area contributed by atoms with Gasteiger partial charge in [0.2, 0.25) is 17.8 Å². The molecular formula is C21H31F3N10. The molecule has 0 saturated carbocycles. The maximum atomic E-state index is 12.8. The van der Waals surface area contributed by atoms with Crippen molar-refractivity contribution in [2.24, 2.45) is 22.9 Å². The minimum absolute atomic E-state index is 0.107. The summed E-state index contributed by atoms with van der Waals surface area (Å²) in [7, 11) is 0. The van der Waals surface area contributed by atoms with Crippen molar-refractivity contribution in [3.8, 4) is 0 Å². The number of hydrogen-bond donors (Lipinski definition) is 5. The van der Waals surface area contributed by atoms with Crippen LogP contribution in [0.2, 0.25) is 0 Å². The van der Waals surface area contributed by atoms with Crippen molar-refractivity contribution in [2.75, 3.05) is 41.3 Å². The standard InChI is InChI=1S/C21H31F3N10/c22-21(23,24)13-3-1-12(2-4-13)7-29-18-30-19(33-8-14(25)5-15(26)9-33)32-20(31-18)34-10-16(27)6-17(28)11-34/h1-4,14-17H,5-11,25-28H2,(H,29,30,31,32)/t14-,15+,16-,17+. The molecule has 1 aromatic heterocycles. The molecule has 186 valence electrons. The van der Waals surface area contributed by atoms with E-state index in [1.165, 1.54) is 12.1 Å². The zero-order valence-corrected chi connectivity index (χ0v) is 18.7. The number of aromatic nitrogens is 3. The molecule has 0 unspecified atom stereocenters. The summed E-state index contributed by atoms with van der Waals surface area (Å²) in [5, 5.41) is 3.10. The molecular weight excluding hydrogens is 449 g/mol. The summed E-state index contributed by atoms with van der Waals surface area (Å²) >= 11 is 0. The second-order valence-corrected chi connectivity index (χ2v) is 9.13. The lowest BCUT2D eigenvalue weighted by Crippen LogP contribution is -2.54. The van der Waals surface area contributed by atoms with E-state index in [2.05, 4.69) is 20.3 Å². The van der Waals surface area contributed by atoms with Crippen LogP contribution in [0, 0.1) is 0 Å². The van der Waals surface area contributed by atoms with Gasteiger partial charge in [0.05, 0.1) is 5.56 Å². The van der Waals surface area contributed by atoms with Crippen LogP contribution >= 0.6 is 0 Å². The lowest BCUT2D eigenvalue weighted by Gasteiger charge is -2.37. The molecule has 1 aromatic carbocycles. The highest BCUT2D eigenvalue weighted by molar-refractivity contribution is 5.47. The molecule has 2 aromatic rings. The van der Waals surface area contributed by atoms with E-state index in [1.54, 1.807) is 0 Å². The molecule has 0 bridgehead atoms. The Kier molecular flexibility index (Phi) is 7.07. The molecule has 13 heteroatoms. The zero-order chi connectivity index (χ0) is 24.5. The van der Waals surface area contributed by atoms with Crippen LogP contribution in [-0.4, -0.2) is 65.3 Å². The maximum absolute atomic E-state index is 12.8. The lowest BCUT2D eigenvalue weighted by molar-refractivity contribution is -0.137. The highest BCUT2D eigenvalue weighted by Crippen LogP contribution is 2.29.